The quantitative estimate of drug-likeness (QED) is 0.741. The van der Waals surface area contributed by atoms with E-state index in [1.54, 1.807) is 7.11 Å². The van der Waals surface area contributed by atoms with Crippen molar-refractivity contribution in [2.75, 3.05) is 39.8 Å². The molecule has 1 amide bonds. The van der Waals surface area contributed by atoms with Crippen LogP contribution in [0.5, 0.6) is 5.75 Å². The van der Waals surface area contributed by atoms with Crippen LogP contribution in [0.2, 0.25) is 0 Å². The summed E-state index contributed by atoms with van der Waals surface area (Å²) in [7, 11) is 1.68. The van der Waals surface area contributed by atoms with E-state index in [0.717, 1.165) is 38.5 Å². The predicted octanol–water partition coefficient (Wildman–Crippen LogP) is 3.14. The number of nitrogens with one attached hydrogen (secondary N) is 1. The van der Waals surface area contributed by atoms with Crippen LogP contribution in [0.1, 0.15) is 29.3 Å². The number of benzene rings is 1. The van der Waals surface area contributed by atoms with Gasteiger partial charge in [0.15, 0.2) is 0 Å². The third kappa shape index (κ3) is 5.13. The van der Waals surface area contributed by atoms with Crippen molar-refractivity contribution in [1.29, 1.82) is 0 Å². The van der Waals surface area contributed by atoms with Gasteiger partial charge in [-0.25, -0.2) is 0 Å². The summed E-state index contributed by atoms with van der Waals surface area (Å²) in [4.78, 5) is 18.9. The van der Waals surface area contributed by atoms with Crippen LogP contribution in [0.15, 0.2) is 41.8 Å². The van der Waals surface area contributed by atoms with E-state index >= 15 is 0 Å². The van der Waals surface area contributed by atoms with E-state index in [1.807, 2.05) is 23.5 Å². The SMILES string of the molecule is COc1ccc(C(NC(=O)CN2CCN(Cc3cccs3)CC2)C2CC2)cc1. The van der Waals surface area contributed by atoms with E-state index in [9.17, 15) is 4.79 Å². The van der Waals surface area contributed by atoms with Gasteiger partial charge in [0.1, 0.15) is 5.75 Å². The zero-order chi connectivity index (χ0) is 19.3. The van der Waals surface area contributed by atoms with Crippen LogP contribution < -0.4 is 10.1 Å². The highest BCUT2D eigenvalue weighted by molar-refractivity contribution is 7.09. The van der Waals surface area contributed by atoms with Gasteiger partial charge in [-0.15, -0.1) is 11.3 Å². The number of ether oxygens (including phenoxy) is 1. The van der Waals surface area contributed by atoms with Gasteiger partial charge >= 0.3 is 0 Å². The van der Waals surface area contributed by atoms with Crippen LogP contribution in [-0.2, 0) is 11.3 Å². The molecule has 2 aliphatic rings. The van der Waals surface area contributed by atoms with Crippen molar-refractivity contribution in [3.05, 3.63) is 52.2 Å². The molecule has 28 heavy (non-hydrogen) atoms. The van der Waals surface area contributed by atoms with Gasteiger partial charge in [0.05, 0.1) is 19.7 Å². The summed E-state index contributed by atoms with van der Waals surface area (Å²) < 4.78 is 5.25. The summed E-state index contributed by atoms with van der Waals surface area (Å²) in [5, 5.41) is 5.43. The van der Waals surface area contributed by atoms with Gasteiger partial charge in [-0.2, -0.15) is 0 Å². The number of nitrogens with zero attached hydrogens (tertiary/aromatic N) is 2. The van der Waals surface area contributed by atoms with E-state index in [2.05, 4.69) is 44.8 Å². The third-order valence-electron chi connectivity index (χ3n) is 5.68. The second-order valence-electron chi connectivity index (χ2n) is 7.79. The minimum absolute atomic E-state index is 0.124. The molecule has 5 nitrogen and oxygen atoms in total. The molecule has 2 heterocycles. The summed E-state index contributed by atoms with van der Waals surface area (Å²) in [5.41, 5.74) is 1.18. The number of amides is 1. The van der Waals surface area contributed by atoms with Gasteiger partial charge < -0.3 is 10.1 Å². The highest BCUT2D eigenvalue weighted by Gasteiger charge is 2.33. The molecule has 0 spiro atoms. The van der Waals surface area contributed by atoms with E-state index in [-0.39, 0.29) is 11.9 Å². The van der Waals surface area contributed by atoms with Crippen LogP contribution >= 0.6 is 11.3 Å². The van der Waals surface area contributed by atoms with Crippen LogP contribution in [0.25, 0.3) is 0 Å². The first-order valence-electron chi connectivity index (χ1n) is 10.1. The molecule has 1 saturated carbocycles. The van der Waals surface area contributed by atoms with Gasteiger partial charge in [0, 0.05) is 37.6 Å². The lowest BCUT2D eigenvalue weighted by molar-refractivity contribution is -0.123. The van der Waals surface area contributed by atoms with Crippen molar-refractivity contribution in [2.24, 2.45) is 5.92 Å². The van der Waals surface area contributed by atoms with Gasteiger partial charge in [-0.05, 0) is 47.9 Å². The highest BCUT2D eigenvalue weighted by Crippen LogP contribution is 2.41. The Morgan fingerprint density at radius 2 is 1.86 bits per heavy atom. The Labute approximate surface area is 171 Å². The molecule has 1 unspecified atom stereocenters. The molecule has 0 radical (unpaired) electrons. The largest absolute Gasteiger partial charge is 0.497 e. The molecule has 150 valence electrons. The fraction of sp³-hybridized carbons (Fsp3) is 0.500. The molecule has 1 aromatic heterocycles. The van der Waals surface area contributed by atoms with Crippen molar-refractivity contribution >= 4 is 17.2 Å². The molecular formula is C22H29N3O2S. The van der Waals surface area contributed by atoms with Crippen LogP contribution in [0.3, 0.4) is 0 Å². The Kier molecular flexibility index (Phi) is 6.29. The van der Waals surface area contributed by atoms with Crippen molar-refractivity contribution < 1.29 is 9.53 Å². The van der Waals surface area contributed by atoms with E-state index in [1.165, 1.54) is 23.3 Å². The Morgan fingerprint density at radius 1 is 1.14 bits per heavy atom. The zero-order valence-corrected chi connectivity index (χ0v) is 17.3. The molecule has 2 fully saturated rings. The van der Waals surface area contributed by atoms with Gasteiger partial charge in [-0.3, -0.25) is 14.6 Å². The van der Waals surface area contributed by atoms with E-state index < -0.39 is 0 Å². The minimum Gasteiger partial charge on any atom is -0.497 e. The summed E-state index contributed by atoms with van der Waals surface area (Å²) in [6, 6.07) is 12.5. The molecule has 2 aromatic rings. The molecule has 1 atom stereocenters. The van der Waals surface area contributed by atoms with Gasteiger partial charge in [0.2, 0.25) is 5.91 Å². The van der Waals surface area contributed by atoms with Gasteiger partial charge in [-0.1, -0.05) is 18.2 Å². The van der Waals surface area contributed by atoms with Crippen molar-refractivity contribution in [3.8, 4) is 5.75 Å². The second-order valence-corrected chi connectivity index (χ2v) is 8.82. The normalized spacial score (nSPS) is 19.3. The zero-order valence-electron chi connectivity index (χ0n) is 16.5. The maximum absolute atomic E-state index is 12.7. The molecular weight excluding hydrogens is 370 g/mol. The molecule has 0 bridgehead atoms. The van der Waals surface area contributed by atoms with E-state index in [0.29, 0.717) is 12.5 Å². The molecule has 1 saturated heterocycles. The third-order valence-corrected chi connectivity index (χ3v) is 6.54. The fourth-order valence-electron chi connectivity index (χ4n) is 3.86. The Balaban J connectivity index is 1.26. The number of thiophene rings is 1. The number of rotatable bonds is 8. The summed E-state index contributed by atoms with van der Waals surface area (Å²) in [5.74, 6) is 1.56. The lowest BCUT2D eigenvalue weighted by atomic mass is 10.0. The second kappa shape index (κ2) is 9.07. The highest BCUT2D eigenvalue weighted by atomic mass is 32.1. The van der Waals surface area contributed by atoms with Crippen LogP contribution in [0, 0.1) is 5.92 Å². The summed E-state index contributed by atoms with van der Waals surface area (Å²) >= 11 is 1.82. The first-order chi connectivity index (χ1) is 13.7. The topological polar surface area (TPSA) is 44.8 Å². The number of hydrogen-bond acceptors (Lipinski definition) is 5. The van der Waals surface area contributed by atoms with Gasteiger partial charge in [0.25, 0.3) is 0 Å². The van der Waals surface area contributed by atoms with Crippen molar-refractivity contribution in [2.45, 2.75) is 25.4 Å². The average Bonchev–Trinajstić information content (AvgIpc) is 3.44. The Hall–Kier alpha value is -1.89. The monoisotopic (exact) mass is 399 g/mol. The van der Waals surface area contributed by atoms with Crippen molar-refractivity contribution in [1.82, 2.24) is 15.1 Å². The lowest BCUT2D eigenvalue weighted by Gasteiger charge is -2.34. The van der Waals surface area contributed by atoms with Crippen molar-refractivity contribution in [3.63, 3.8) is 0 Å². The Morgan fingerprint density at radius 3 is 2.46 bits per heavy atom. The summed E-state index contributed by atoms with van der Waals surface area (Å²) in [6.45, 7) is 5.47. The number of methoxy groups -OCH3 is 1. The number of carbonyl (C=O) groups is 1. The number of piperazine rings is 1. The predicted molar refractivity (Wildman–Crippen MR) is 113 cm³/mol. The molecule has 4 rings (SSSR count). The fourth-order valence-corrected chi connectivity index (χ4v) is 4.61. The maximum Gasteiger partial charge on any atom is 0.234 e. The first-order valence-corrected chi connectivity index (χ1v) is 11.0. The standard InChI is InChI=1S/C22H29N3O2S/c1-27-19-8-6-18(7-9-19)22(17-4-5-17)23-21(26)16-25-12-10-24(11-13-25)15-20-3-2-14-28-20/h2-3,6-9,14,17,22H,4-5,10-13,15-16H2,1H3,(H,23,26). The molecule has 1 aliphatic heterocycles. The first kappa shape index (κ1) is 19.4. The van der Waals surface area contributed by atoms with E-state index in [4.69, 9.17) is 4.74 Å². The molecule has 1 aliphatic carbocycles. The summed E-state index contributed by atoms with van der Waals surface area (Å²) in [6.07, 6.45) is 2.39. The average molecular weight is 400 g/mol. The molecule has 1 N–H and O–H groups in total. The minimum atomic E-state index is 0.124. The lowest BCUT2D eigenvalue weighted by Crippen LogP contribution is -2.49. The van der Waals surface area contributed by atoms with Crippen LogP contribution in [-0.4, -0.2) is 55.5 Å². The van der Waals surface area contributed by atoms with Crippen LogP contribution in [0.4, 0.5) is 0 Å². The molecule has 1 aromatic carbocycles. The molecule has 6 heteroatoms. The number of carbonyl (C=O) groups excluding carboxylic acids is 1. The number of hydrogen-bond donors (Lipinski definition) is 1. The Bertz CT molecular complexity index is 751. The maximum atomic E-state index is 12.7. The smallest absolute Gasteiger partial charge is 0.234 e.